The van der Waals surface area contributed by atoms with Crippen molar-refractivity contribution in [1.29, 1.82) is 0 Å². The number of nitrogens with one attached hydrogen (secondary N) is 1. The van der Waals surface area contributed by atoms with Gasteiger partial charge in [0.25, 0.3) is 0 Å². The second kappa shape index (κ2) is 10.6. The first-order valence-corrected chi connectivity index (χ1v) is 12.4. The zero-order valence-electron chi connectivity index (χ0n) is 20.8. The van der Waals surface area contributed by atoms with Crippen molar-refractivity contribution >= 4 is 17.5 Å². The average molecular weight is 478 g/mol. The lowest BCUT2D eigenvalue weighted by Gasteiger charge is -2.36. The number of hydrogen-bond acceptors (Lipinski definition) is 4. The Kier molecular flexibility index (Phi) is 6.94. The van der Waals surface area contributed by atoms with Crippen LogP contribution in [0.4, 0.5) is 16.3 Å². The number of anilines is 2. The Morgan fingerprint density at radius 3 is 2.11 bits per heavy atom. The van der Waals surface area contributed by atoms with Gasteiger partial charge in [0.15, 0.2) is 5.82 Å². The lowest BCUT2D eigenvalue weighted by Crippen LogP contribution is -2.50. The molecule has 5 rings (SSSR count). The van der Waals surface area contributed by atoms with Crippen LogP contribution in [0.25, 0.3) is 11.4 Å². The fourth-order valence-corrected chi connectivity index (χ4v) is 4.53. The predicted octanol–water partition coefficient (Wildman–Crippen LogP) is 5.71. The van der Waals surface area contributed by atoms with Gasteiger partial charge in [0.2, 0.25) is 0 Å². The van der Waals surface area contributed by atoms with Gasteiger partial charge >= 0.3 is 6.03 Å². The SMILES string of the molecule is Cc1ccc(NC(=O)N2CCN(c3nc(-c4ccccc4)nc(C)c3Cc3ccccc3)CC2)cc1. The van der Waals surface area contributed by atoms with E-state index in [1.807, 2.05) is 72.5 Å². The van der Waals surface area contributed by atoms with Gasteiger partial charge in [0.1, 0.15) is 5.82 Å². The molecule has 0 atom stereocenters. The molecular weight excluding hydrogens is 446 g/mol. The van der Waals surface area contributed by atoms with Crippen LogP contribution < -0.4 is 10.2 Å². The van der Waals surface area contributed by atoms with Gasteiger partial charge in [-0.05, 0) is 31.5 Å². The van der Waals surface area contributed by atoms with E-state index in [4.69, 9.17) is 9.97 Å². The third-order valence-electron chi connectivity index (χ3n) is 6.62. The molecule has 1 fully saturated rings. The Morgan fingerprint density at radius 2 is 1.44 bits per heavy atom. The minimum atomic E-state index is -0.0631. The van der Waals surface area contributed by atoms with Crippen LogP contribution in [0.3, 0.4) is 0 Å². The fraction of sp³-hybridized carbons (Fsp3) is 0.233. The number of aromatic nitrogens is 2. The zero-order chi connectivity index (χ0) is 24.9. The first-order valence-electron chi connectivity index (χ1n) is 12.4. The molecule has 182 valence electrons. The van der Waals surface area contributed by atoms with E-state index in [9.17, 15) is 4.79 Å². The molecule has 0 spiro atoms. The van der Waals surface area contributed by atoms with E-state index in [1.165, 1.54) is 11.1 Å². The Labute approximate surface area is 212 Å². The summed E-state index contributed by atoms with van der Waals surface area (Å²) in [4.78, 5) is 27.0. The lowest BCUT2D eigenvalue weighted by atomic mass is 10.0. The molecule has 1 aromatic heterocycles. The van der Waals surface area contributed by atoms with Crippen LogP contribution >= 0.6 is 0 Å². The first-order chi connectivity index (χ1) is 17.6. The van der Waals surface area contributed by atoms with Crippen molar-refractivity contribution in [1.82, 2.24) is 14.9 Å². The van der Waals surface area contributed by atoms with E-state index in [1.54, 1.807) is 0 Å². The second-order valence-corrected chi connectivity index (χ2v) is 9.23. The summed E-state index contributed by atoms with van der Waals surface area (Å²) in [5, 5.41) is 3.02. The molecule has 2 amide bonds. The number of benzene rings is 3. The quantitative estimate of drug-likeness (QED) is 0.400. The maximum Gasteiger partial charge on any atom is 0.321 e. The number of amides is 2. The molecule has 0 radical (unpaired) electrons. The smallest absolute Gasteiger partial charge is 0.321 e. The Bertz CT molecular complexity index is 1320. The molecule has 2 heterocycles. The summed E-state index contributed by atoms with van der Waals surface area (Å²) >= 11 is 0. The lowest BCUT2D eigenvalue weighted by molar-refractivity contribution is 0.208. The number of piperazine rings is 1. The highest BCUT2D eigenvalue weighted by Crippen LogP contribution is 2.28. The molecule has 1 saturated heterocycles. The summed E-state index contributed by atoms with van der Waals surface area (Å²) < 4.78 is 0. The van der Waals surface area contributed by atoms with Crippen LogP contribution in [0.5, 0.6) is 0 Å². The van der Waals surface area contributed by atoms with Crippen LogP contribution in [0, 0.1) is 13.8 Å². The third kappa shape index (κ3) is 5.38. The van der Waals surface area contributed by atoms with Crippen molar-refractivity contribution < 1.29 is 4.79 Å². The maximum atomic E-state index is 12.9. The number of nitrogens with zero attached hydrogens (tertiary/aromatic N) is 4. The van der Waals surface area contributed by atoms with Crippen LogP contribution in [0.2, 0.25) is 0 Å². The van der Waals surface area contributed by atoms with Gasteiger partial charge in [0, 0.05) is 55.1 Å². The summed E-state index contributed by atoms with van der Waals surface area (Å²) in [7, 11) is 0. The fourth-order valence-electron chi connectivity index (χ4n) is 4.53. The van der Waals surface area contributed by atoms with Gasteiger partial charge in [-0.2, -0.15) is 0 Å². The van der Waals surface area contributed by atoms with Gasteiger partial charge in [-0.15, -0.1) is 0 Å². The summed E-state index contributed by atoms with van der Waals surface area (Å²) in [5.41, 5.74) is 6.35. The Morgan fingerprint density at radius 1 is 0.806 bits per heavy atom. The molecule has 1 aliphatic heterocycles. The zero-order valence-corrected chi connectivity index (χ0v) is 20.8. The molecule has 1 aliphatic rings. The number of urea groups is 1. The average Bonchev–Trinajstić information content (AvgIpc) is 2.92. The van der Waals surface area contributed by atoms with Crippen molar-refractivity contribution in [3.05, 3.63) is 107 Å². The monoisotopic (exact) mass is 477 g/mol. The van der Waals surface area contributed by atoms with Crippen molar-refractivity contribution in [3.8, 4) is 11.4 Å². The van der Waals surface area contributed by atoms with E-state index >= 15 is 0 Å². The molecule has 0 saturated carbocycles. The molecule has 3 aromatic carbocycles. The molecule has 0 unspecified atom stereocenters. The predicted molar refractivity (Wildman–Crippen MR) is 145 cm³/mol. The van der Waals surface area contributed by atoms with E-state index in [-0.39, 0.29) is 6.03 Å². The van der Waals surface area contributed by atoms with Crippen LogP contribution in [-0.4, -0.2) is 47.1 Å². The standard InChI is InChI=1S/C30H31N5O/c1-22-13-15-26(16-14-22)32-30(36)35-19-17-34(18-20-35)29-27(21-24-9-5-3-6-10-24)23(2)31-28(33-29)25-11-7-4-8-12-25/h3-16H,17-21H2,1-2H3,(H,32,36). The van der Waals surface area contributed by atoms with Crippen molar-refractivity contribution in [2.45, 2.75) is 20.3 Å². The van der Waals surface area contributed by atoms with Gasteiger partial charge in [-0.3, -0.25) is 0 Å². The minimum Gasteiger partial charge on any atom is -0.353 e. The van der Waals surface area contributed by atoms with Crippen molar-refractivity contribution in [3.63, 3.8) is 0 Å². The summed E-state index contributed by atoms with van der Waals surface area (Å²) in [6.07, 6.45) is 0.769. The maximum absolute atomic E-state index is 12.9. The molecule has 1 N–H and O–H groups in total. The van der Waals surface area contributed by atoms with E-state index in [2.05, 4.69) is 41.4 Å². The molecule has 4 aromatic rings. The van der Waals surface area contributed by atoms with Crippen LogP contribution in [0.15, 0.2) is 84.9 Å². The topological polar surface area (TPSA) is 61.4 Å². The highest BCUT2D eigenvalue weighted by atomic mass is 16.2. The molecular formula is C30H31N5O. The number of carbonyl (C=O) groups is 1. The third-order valence-corrected chi connectivity index (χ3v) is 6.62. The Balaban J connectivity index is 1.37. The van der Waals surface area contributed by atoms with Gasteiger partial charge < -0.3 is 15.1 Å². The first kappa shape index (κ1) is 23.5. The summed E-state index contributed by atoms with van der Waals surface area (Å²) in [5.74, 6) is 1.70. The van der Waals surface area contributed by atoms with Gasteiger partial charge in [-0.1, -0.05) is 78.4 Å². The Hall–Kier alpha value is -4.19. The number of carbonyl (C=O) groups excluding carboxylic acids is 1. The molecule has 0 aliphatic carbocycles. The van der Waals surface area contributed by atoms with E-state index in [0.717, 1.165) is 40.6 Å². The van der Waals surface area contributed by atoms with Crippen molar-refractivity contribution in [2.75, 3.05) is 36.4 Å². The van der Waals surface area contributed by atoms with E-state index < -0.39 is 0 Å². The highest BCUT2D eigenvalue weighted by Gasteiger charge is 2.25. The highest BCUT2D eigenvalue weighted by molar-refractivity contribution is 5.89. The minimum absolute atomic E-state index is 0.0631. The largest absolute Gasteiger partial charge is 0.353 e. The number of hydrogen-bond donors (Lipinski definition) is 1. The van der Waals surface area contributed by atoms with Crippen LogP contribution in [-0.2, 0) is 6.42 Å². The van der Waals surface area contributed by atoms with Gasteiger partial charge in [-0.25, -0.2) is 14.8 Å². The van der Waals surface area contributed by atoms with Crippen LogP contribution in [0.1, 0.15) is 22.4 Å². The number of rotatable bonds is 5. The van der Waals surface area contributed by atoms with E-state index in [0.29, 0.717) is 26.2 Å². The van der Waals surface area contributed by atoms with Crippen molar-refractivity contribution in [2.24, 2.45) is 0 Å². The molecule has 6 heteroatoms. The molecule has 36 heavy (non-hydrogen) atoms. The number of aryl methyl sites for hydroxylation is 2. The summed E-state index contributed by atoms with van der Waals surface area (Å²) in [6.45, 7) is 6.80. The molecule has 6 nitrogen and oxygen atoms in total. The second-order valence-electron chi connectivity index (χ2n) is 9.23. The summed E-state index contributed by atoms with van der Waals surface area (Å²) in [6, 6.07) is 28.4. The van der Waals surface area contributed by atoms with Gasteiger partial charge in [0.05, 0.1) is 0 Å². The molecule has 0 bridgehead atoms. The normalized spacial score (nSPS) is 13.5.